The van der Waals surface area contributed by atoms with E-state index in [0.717, 1.165) is 38.8 Å². The van der Waals surface area contributed by atoms with Gasteiger partial charge >= 0.3 is 0 Å². The Hall–Kier alpha value is -0.120. The van der Waals surface area contributed by atoms with Crippen LogP contribution in [0.15, 0.2) is 0 Å². The number of likely N-dealkylation sites (N-methyl/N-ethyl adjacent to an activating group) is 2. The minimum Gasteiger partial charge on any atom is -0.380 e. The van der Waals surface area contributed by atoms with Gasteiger partial charge in [0.05, 0.1) is 6.61 Å². The van der Waals surface area contributed by atoms with Crippen molar-refractivity contribution < 1.29 is 4.74 Å². The van der Waals surface area contributed by atoms with E-state index in [1.807, 2.05) is 0 Å². The smallest absolute Gasteiger partial charge is 0.0593 e. The van der Waals surface area contributed by atoms with Crippen molar-refractivity contribution in [2.75, 3.05) is 39.9 Å². The van der Waals surface area contributed by atoms with E-state index in [1.165, 1.54) is 12.8 Å². The monoisotopic (exact) mass is 242 g/mol. The van der Waals surface area contributed by atoms with E-state index >= 15 is 0 Å². The highest BCUT2D eigenvalue weighted by molar-refractivity contribution is 4.75. The Labute approximate surface area is 107 Å². The average Bonchev–Trinajstić information content (AvgIpc) is 3.08. The molecule has 1 saturated carbocycles. The molecule has 17 heavy (non-hydrogen) atoms. The molecule has 1 rings (SSSR count). The van der Waals surface area contributed by atoms with Crippen molar-refractivity contribution >= 4 is 0 Å². The molecular weight excluding hydrogens is 212 g/mol. The zero-order valence-electron chi connectivity index (χ0n) is 12.0. The Kier molecular flexibility index (Phi) is 7.09. The number of hydrogen-bond acceptors (Lipinski definition) is 3. The summed E-state index contributed by atoms with van der Waals surface area (Å²) in [7, 11) is 2.21. The molecule has 0 aromatic rings. The number of rotatable bonds is 10. The lowest BCUT2D eigenvalue weighted by atomic mass is 10.0. The van der Waals surface area contributed by atoms with Gasteiger partial charge in [0, 0.05) is 25.7 Å². The van der Waals surface area contributed by atoms with Gasteiger partial charge in [-0.2, -0.15) is 0 Å². The summed E-state index contributed by atoms with van der Waals surface area (Å²) >= 11 is 0. The number of nitrogens with one attached hydrogen (secondary N) is 1. The van der Waals surface area contributed by atoms with Crippen LogP contribution in [0, 0.1) is 11.8 Å². The summed E-state index contributed by atoms with van der Waals surface area (Å²) in [5.41, 5.74) is 0. The third-order valence-electron chi connectivity index (χ3n) is 3.58. The minimum absolute atomic E-state index is 0.611. The van der Waals surface area contributed by atoms with Gasteiger partial charge < -0.3 is 10.1 Å². The van der Waals surface area contributed by atoms with E-state index in [0.29, 0.717) is 12.0 Å². The molecule has 0 amide bonds. The van der Waals surface area contributed by atoms with Gasteiger partial charge in [-0.15, -0.1) is 0 Å². The molecular formula is C14H30N2O. The van der Waals surface area contributed by atoms with E-state index in [2.05, 4.69) is 38.0 Å². The van der Waals surface area contributed by atoms with E-state index in [9.17, 15) is 0 Å². The zero-order chi connectivity index (χ0) is 12.7. The molecule has 3 heteroatoms. The molecule has 0 aromatic heterocycles. The van der Waals surface area contributed by atoms with Gasteiger partial charge in [-0.05, 0) is 38.3 Å². The molecule has 102 valence electrons. The van der Waals surface area contributed by atoms with Gasteiger partial charge in [0.2, 0.25) is 0 Å². The van der Waals surface area contributed by atoms with Crippen LogP contribution >= 0.6 is 0 Å². The predicted octanol–water partition coefficient (Wildman–Crippen LogP) is 1.98. The molecule has 1 atom stereocenters. The molecule has 0 radical (unpaired) electrons. The van der Waals surface area contributed by atoms with Gasteiger partial charge in [-0.1, -0.05) is 20.8 Å². The Morgan fingerprint density at radius 3 is 2.59 bits per heavy atom. The molecule has 1 aliphatic rings. The SMILES string of the molecule is CCNCC(C(C)C)N(C)CCOCC1CC1. The molecule has 1 N–H and O–H groups in total. The normalized spacial score (nSPS) is 18.0. The van der Waals surface area contributed by atoms with Gasteiger partial charge in [-0.3, -0.25) is 4.90 Å². The quantitative estimate of drug-likeness (QED) is 0.593. The van der Waals surface area contributed by atoms with Crippen LogP contribution in [0.5, 0.6) is 0 Å². The summed E-state index contributed by atoms with van der Waals surface area (Å²) in [5.74, 6) is 1.56. The summed E-state index contributed by atoms with van der Waals surface area (Å²) in [6.45, 7) is 11.8. The molecule has 3 nitrogen and oxygen atoms in total. The Morgan fingerprint density at radius 2 is 2.06 bits per heavy atom. The summed E-state index contributed by atoms with van der Waals surface area (Å²) in [5, 5.41) is 3.45. The van der Waals surface area contributed by atoms with Crippen LogP contribution in [0.3, 0.4) is 0 Å². The first-order valence-electron chi connectivity index (χ1n) is 7.13. The molecule has 1 unspecified atom stereocenters. The fourth-order valence-corrected chi connectivity index (χ4v) is 2.10. The van der Waals surface area contributed by atoms with Crippen molar-refractivity contribution in [1.29, 1.82) is 0 Å². The van der Waals surface area contributed by atoms with Gasteiger partial charge in [0.25, 0.3) is 0 Å². The Bertz CT molecular complexity index is 193. The first-order valence-corrected chi connectivity index (χ1v) is 7.13. The molecule has 1 aliphatic carbocycles. The summed E-state index contributed by atoms with van der Waals surface area (Å²) < 4.78 is 5.70. The number of hydrogen-bond donors (Lipinski definition) is 1. The van der Waals surface area contributed by atoms with E-state index in [1.54, 1.807) is 0 Å². The van der Waals surface area contributed by atoms with Gasteiger partial charge in [0.15, 0.2) is 0 Å². The number of ether oxygens (including phenoxy) is 1. The second kappa shape index (κ2) is 8.06. The number of nitrogens with zero attached hydrogens (tertiary/aromatic N) is 1. The fraction of sp³-hybridized carbons (Fsp3) is 1.00. The zero-order valence-corrected chi connectivity index (χ0v) is 12.0. The molecule has 1 fully saturated rings. The molecule has 0 aliphatic heterocycles. The lowest BCUT2D eigenvalue weighted by Gasteiger charge is -2.31. The van der Waals surface area contributed by atoms with Crippen molar-refractivity contribution in [2.45, 2.75) is 39.7 Å². The topological polar surface area (TPSA) is 24.5 Å². The van der Waals surface area contributed by atoms with Crippen molar-refractivity contribution in [1.82, 2.24) is 10.2 Å². The second-order valence-corrected chi connectivity index (χ2v) is 5.62. The molecule has 0 spiro atoms. The van der Waals surface area contributed by atoms with Crippen LogP contribution in [0.1, 0.15) is 33.6 Å². The third kappa shape index (κ3) is 6.39. The van der Waals surface area contributed by atoms with Crippen LogP contribution in [0.4, 0.5) is 0 Å². The highest BCUT2D eigenvalue weighted by Gasteiger charge is 2.21. The van der Waals surface area contributed by atoms with E-state index in [4.69, 9.17) is 4.74 Å². The average molecular weight is 242 g/mol. The highest BCUT2D eigenvalue weighted by atomic mass is 16.5. The van der Waals surface area contributed by atoms with Crippen LogP contribution < -0.4 is 5.32 Å². The highest BCUT2D eigenvalue weighted by Crippen LogP contribution is 2.28. The van der Waals surface area contributed by atoms with Crippen molar-refractivity contribution in [3.8, 4) is 0 Å². The summed E-state index contributed by atoms with van der Waals surface area (Å²) in [6.07, 6.45) is 2.76. The van der Waals surface area contributed by atoms with Crippen LogP contribution in [-0.4, -0.2) is 50.8 Å². The Balaban J connectivity index is 2.13. The van der Waals surface area contributed by atoms with Crippen LogP contribution in [0.2, 0.25) is 0 Å². The van der Waals surface area contributed by atoms with Crippen molar-refractivity contribution in [2.24, 2.45) is 11.8 Å². The van der Waals surface area contributed by atoms with E-state index in [-0.39, 0.29) is 0 Å². The Morgan fingerprint density at radius 1 is 1.35 bits per heavy atom. The maximum atomic E-state index is 5.70. The first-order chi connectivity index (χ1) is 8.15. The lowest BCUT2D eigenvalue weighted by molar-refractivity contribution is 0.0825. The summed E-state index contributed by atoms with van der Waals surface area (Å²) in [6, 6.07) is 0.611. The third-order valence-corrected chi connectivity index (χ3v) is 3.58. The second-order valence-electron chi connectivity index (χ2n) is 5.62. The standard InChI is InChI=1S/C14H30N2O/c1-5-15-10-14(12(2)3)16(4)8-9-17-11-13-6-7-13/h12-15H,5-11H2,1-4H3. The van der Waals surface area contributed by atoms with Crippen LogP contribution in [0.25, 0.3) is 0 Å². The predicted molar refractivity (Wildman–Crippen MR) is 73.3 cm³/mol. The molecule has 0 bridgehead atoms. The van der Waals surface area contributed by atoms with Crippen LogP contribution in [-0.2, 0) is 4.74 Å². The van der Waals surface area contributed by atoms with Gasteiger partial charge in [0.1, 0.15) is 0 Å². The minimum atomic E-state index is 0.611. The van der Waals surface area contributed by atoms with E-state index < -0.39 is 0 Å². The lowest BCUT2D eigenvalue weighted by Crippen LogP contribution is -2.44. The summed E-state index contributed by atoms with van der Waals surface area (Å²) in [4.78, 5) is 2.43. The molecule has 0 heterocycles. The van der Waals surface area contributed by atoms with Crippen molar-refractivity contribution in [3.63, 3.8) is 0 Å². The fourth-order valence-electron chi connectivity index (χ4n) is 2.10. The maximum absolute atomic E-state index is 5.70. The first kappa shape index (κ1) is 14.9. The van der Waals surface area contributed by atoms with Crippen molar-refractivity contribution in [3.05, 3.63) is 0 Å². The largest absolute Gasteiger partial charge is 0.380 e. The molecule has 0 aromatic carbocycles. The van der Waals surface area contributed by atoms with Gasteiger partial charge in [-0.25, -0.2) is 0 Å². The molecule has 0 saturated heterocycles. The maximum Gasteiger partial charge on any atom is 0.0593 e.